The minimum absolute atomic E-state index is 0.0182. The summed E-state index contributed by atoms with van der Waals surface area (Å²) in [5.41, 5.74) is -0.924. The molecule has 0 atom stereocenters. The number of nitriles is 1. The summed E-state index contributed by atoms with van der Waals surface area (Å²) in [6.45, 7) is 1.05. The second-order valence-electron chi connectivity index (χ2n) is 5.98. The lowest BCUT2D eigenvalue weighted by molar-refractivity contribution is -0.384. The summed E-state index contributed by atoms with van der Waals surface area (Å²) in [4.78, 5) is 10.7. The zero-order chi connectivity index (χ0) is 22.1. The normalized spacial score (nSPS) is 11.0. The third-order valence-electron chi connectivity index (χ3n) is 3.79. The molecule has 2 aromatic rings. The first-order valence-corrected chi connectivity index (χ1v) is 9.12. The van der Waals surface area contributed by atoms with Crippen LogP contribution in [0.4, 0.5) is 24.5 Å². The van der Waals surface area contributed by atoms with Crippen LogP contribution in [0.15, 0.2) is 36.4 Å². The van der Waals surface area contributed by atoms with Crippen molar-refractivity contribution in [2.75, 3.05) is 25.1 Å². The van der Waals surface area contributed by atoms with Gasteiger partial charge in [0.05, 0.1) is 34.6 Å². The molecule has 7 nitrogen and oxygen atoms in total. The van der Waals surface area contributed by atoms with Gasteiger partial charge in [0, 0.05) is 25.3 Å². The number of halogens is 4. The zero-order valence-electron chi connectivity index (χ0n) is 15.5. The average Bonchev–Trinajstić information content (AvgIpc) is 2.68. The van der Waals surface area contributed by atoms with Gasteiger partial charge in [-0.25, -0.2) is 0 Å². The van der Waals surface area contributed by atoms with Crippen LogP contribution in [0.3, 0.4) is 0 Å². The third-order valence-corrected chi connectivity index (χ3v) is 4.09. The number of hydrogen-bond donors (Lipinski definition) is 1. The van der Waals surface area contributed by atoms with Crippen LogP contribution >= 0.6 is 11.6 Å². The second kappa shape index (κ2) is 10.7. The Morgan fingerprint density at radius 3 is 2.60 bits per heavy atom. The van der Waals surface area contributed by atoms with E-state index in [-0.39, 0.29) is 34.3 Å². The van der Waals surface area contributed by atoms with Gasteiger partial charge < -0.3 is 14.8 Å². The van der Waals surface area contributed by atoms with Gasteiger partial charge in [0.1, 0.15) is 17.2 Å². The third kappa shape index (κ3) is 6.79. The highest BCUT2D eigenvalue weighted by Gasteiger charge is 2.31. The van der Waals surface area contributed by atoms with E-state index < -0.39 is 16.7 Å². The molecule has 2 rings (SSSR count). The maximum absolute atomic E-state index is 12.7. The minimum Gasteiger partial charge on any atom is -0.456 e. The molecule has 0 fully saturated rings. The summed E-state index contributed by atoms with van der Waals surface area (Å²) in [6.07, 6.45) is -3.71. The van der Waals surface area contributed by atoms with Crippen molar-refractivity contribution >= 4 is 23.0 Å². The van der Waals surface area contributed by atoms with Gasteiger partial charge in [-0.05, 0) is 30.7 Å². The van der Waals surface area contributed by atoms with Crippen LogP contribution in [0.1, 0.15) is 18.4 Å². The molecule has 0 aliphatic carbocycles. The summed E-state index contributed by atoms with van der Waals surface area (Å²) in [6, 6.07) is 8.51. The maximum Gasteiger partial charge on any atom is 0.416 e. The Labute approximate surface area is 175 Å². The van der Waals surface area contributed by atoms with E-state index in [1.165, 1.54) is 18.2 Å². The number of benzene rings is 2. The molecule has 0 saturated heterocycles. The van der Waals surface area contributed by atoms with E-state index in [9.17, 15) is 23.3 Å². The van der Waals surface area contributed by atoms with Gasteiger partial charge in [-0.2, -0.15) is 18.4 Å². The van der Waals surface area contributed by atoms with E-state index in [4.69, 9.17) is 26.3 Å². The largest absolute Gasteiger partial charge is 0.456 e. The molecular weight excluding hydrogens is 427 g/mol. The highest BCUT2D eigenvalue weighted by Crippen LogP contribution is 2.37. The van der Waals surface area contributed by atoms with Crippen molar-refractivity contribution in [3.63, 3.8) is 0 Å². The predicted octanol–water partition coefficient (Wildman–Crippen LogP) is 5.79. The van der Waals surface area contributed by atoms with Crippen LogP contribution in [-0.2, 0) is 10.9 Å². The Bertz CT molecular complexity index is 932. The van der Waals surface area contributed by atoms with E-state index in [2.05, 4.69) is 5.32 Å². The number of nitro groups is 1. The molecule has 0 spiro atoms. The topological polar surface area (TPSA) is 97.4 Å². The molecule has 0 saturated carbocycles. The smallest absolute Gasteiger partial charge is 0.416 e. The second-order valence-corrected chi connectivity index (χ2v) is 6.39. The van der Waals surface area contributed by atoms with E-state index in [0.29, 0.717) is 26.2 Å². The van der Waals surface area contributed by atoms with Crippen molar-refractivity contribution in [3.8, 4) is 17.6 Å². The molecule has 30 heavy (non-hydrogen) atoms. The number of rotatable bonds is 10. The first-order chi connectivity index (χ1) is 14.2. The highest BCUT2D eigenvalue weighted by molar-refractivity contribution is 6.32. The van der Waals surface area contributed by atoms with Crippen molar-refractivity contribution in [2.45, 2.75) is 19.0 Å². The quantitative estimate of drug-likeness (QED) is 0.283. The summed E-state index contributed by atoms with van der Waals surface area (Å²) >= 11 is 5.88. The Morgan fingerprint density at radius 1 is 1.20 bits per heavy atom. The molecule has 0 unspecified atom stereocenters. The van der Waals surface area contributed by atoms with Gasteiger partial charge in [0.2, 0.25) is 0 Å². The number of anilines is 1. The maximum atomic E-state index is 12.7. The van der Waals surface area contributed by atoms with Gasteiger partial charge in [-0.1, -0.05) is 11.6 Å². The van der Waals surface area contributed by atoms with Crippen molar-refractivity contribution in [1.29, 1.82) is 5.26 Å². The fourth-order valence-corrected chi connectivity index (χ4v) is 2.60. The molecule has 1 N–H and O–H groups in total. The van der Waals surface area contributed by atoms with Crippen molar-refractivity contribution in [2.24, 2.45) is 0 Å². The molecule has 2 aromatic carbocycles. The van der Waals surface area contributed by atoms with Crippen molar-refractivity contribution in [3.05, 3.63) is 57.1 Å². The molecular formula is C19H17ClF3N3O4. The first-order valence-electron chi connectivity index (χ1n) is 8.74. The fourth-order valence-electron chi connectivity index (χ4n) is 2.38. The average molecular weight is 444 g/mol. The van der Waals surface area contributed by atoms with E-state index >= 15 is 0 Å². The lowest BCUT2D eigenvalue weighted by atomic mass is 10.2. The van der Waals surface area contributed by atoms with Crippen LogP contribution in [-0.4, -0.2) is 24.7 Å². The van der Waals surface area contributed by atoms with Gasteiger partial charge in [0.15, 0.2) is 0 Å². The fraction of sp³-hybridized carbons (Fsp3) is 0.316. The first kappa shape index (κ1) is 23.3. The van der Waals surface area contributed by atoms with Crippen LogP contribution in [0.2, 0.25) is 5.02 Å². The van der Waals surface area contributed by atoms with Crippen LogP contribution in [0, 0.1) is 21.4 Å². The number of nitrogens with zero attached hydrogens (tertiary/aromatic N) is 2. The zero-order valence-corrected chi connectivity index (χ0v) is 16.3. The Balaban J connectivity index is 2.08. The van der Waals surface area contributed by atoms with Gasteiger partial charge >= 0.3 is 6.18 Å². The Hall–Kier alpha value is -3.03. The van der Waals surface area contributed by atoms with E-state index in [0.717, 1.165) is 18.2 Å². The summed E-state index contributed by atoms with van der Waals surface area (Å²) in [5.74, 6) is 0.144. The summed E-state index contributed by atoms with van der Waals surface area (Å²) in [7, 11) is 0. The molecule has 0 heterocycles. The van der Waals surface area contributed by atoms with E-state index in [1.807, 2.05) is 6.07 Å². The minimum atomic E-state index is -4.54. The van der Waals surface area contributed by atoms with Gasteiger partial charge in [-0.3, -0.25) is 10.1 Å². The standard InChI is InChI=1S/C19H17ClF3N3O4/c20-15-11-13(19(21,22)23)3-6-18(15)30-14-4-5-17(26(27)28)16(12-14)25-8-2-10-29-9-1-7-24/h3-6,11-12,25H,1-2,8-10H2. The van der Waals surface area contributed by atoms with Gasteiger partial charge in [0.25, 0.3) is 5.69 Å². The SMILES string of the molecule is N#CCCOCCCNc1cc(Oc2ccc(C(F)(F)F)cc2Cl)ccc1[N+](=O)[O-]. The Kier molecular flexibility index (Phi) is 8.26. The lowest BCUT2D eigenvalue weighted by Gasteiger charge is -2.13. The number of nitrogens with one attached hydrogen (secondary N) is 1. The summed E-state index contributed by atoms with van der Waals surface area (Å²) in [5, 5.41) is 22.3. The number of alkyl halides is 3. The van der Waals surface area contributed by atoms with Crippen LogP contribution in [0.25, 0.3) is 0 Å². The number of ether oxygens (including phenoxy) is 2. The predicted molar refractivity (Wildman–Crippen MR) is 104 cm³/mol. The van der Waals surface area contributed by atoms with Crippen LogP contribution in [0.5, 0.6) is 11.5 Å². The molecule has 0 radical (unpaired) electrons. The highest BCUT2D eigenvalue weighted by atomic mass is 35.5. The van der Waals surface area contributed by atoms with Crippen molar-refractivity contribution < 1.29 is 27.6 Å². The monoisotopic (exact) mass is 443 g/mol. The van der Waals surface area contributed by atoms with Crippen molar-refractivity contribution in [1.82, 2.24) is 0 Å². The van der Waals surface area contributed by atoms with Crippen LogP contribution < -0.4 is 10.1 Å². The molecule has 0 bridgehead atoms. The molecule has 160 valence electrons. The molecule has 0 aliphatic rings. The van der Waals surface area contributed by atoms with Gasteiger partial charge in [-0.15, -0.1) is 0 Å². The lowest BCUT2D eigenvalue weighted by Crippen LogP contribution is -2.08. The number of hydrogen-bond acceptors (Lipinski definition) is 6. The van der Waals surface area contributed by atoms with E-state index in [1.54, 1.807) is 0 Å². The molecule has 0 aliphatic heterocycles. The molecule has 0 aromatic heterocycles. The Morgan fingerprint density at radius 2 is 1.97 bits per heavy atom. The molecule has 0 amide bonds. The number of nitro benzene ring substituents is 1. The molecule has 11 heteroatoms. The summed E-state index contributed by atoms with van der Waals surface area (Å²) < 4.78 is 48.9.